The van der Waals surface area contributed by atoms with Crippen LogP contribution in [-0.2, 0) is 20.6 Å². The third-order valence-corrected chi connectivity index (χ3v) is 27.5. The second kappa shape index (κ2) is 43.6. The minimum Gasteiger partial charge on any atom is -0.386 e. The predicted molar refractivity (Wildman–Crippen MR) is 547 cm³/mol. The van der Waals surface area contributed by atoms with Gasteiger partial charge in [-0.1, -0.05) is 18.6 Å². The lowest BCUT2D eigenvalue weighted by molar-refractivity contribution is -0.151. The lowest BCUT2D eigenvalue weighted by Gasteiger charge is -2.53. The average Bonchev–Trinajstić information content (AvgIpc) is 1.30. The first kappa shape index (κ1) is 105. The number of rotatable bonds is 29. The molecule has 6 fully saturated rings. The van der Waals surface area contributed by atoms with Crippen LogP contribution in [0.5, 0.6) is 0 Å². The number of pyridine rings is 1. The highest BCUT2D eigenvalue weighted by Gasteiger charge is 2.53. The molecule has 788 valence electrons. The molecule has 0 spiro atoms. The van der Waals surface area contributed by atoms with Crippen molar-refractivity contribution in [3.63, 3.8) is 0 Å². The molecular formula is C95H117F14N29O4S4. The zero-order chi connectivity index (χ0) is 104. The Hall–Kier alpha value is -13.7. The zero-order valence-electron chi connectivity index (χ0n) is 79.6. The number of H-pyrrole nitrogens is 4. The molecule has 51 heteroatoms. The summed E-state index contributed by atoms with van der Waals surface area (Å²) in [4.78, 5) is 88.9. The molecule has 146 heavy (non-hydrogen) atoms. The van der Waals surface area contributed by atoms with E-state index < -0.39 is 90.2 Å². The molecule has 4 aromatic carbocycles. The highest BCUT2D eigenvalue weighted by molar-refractivity contribution is 8.00. The van der Waals surface area contributed by atoms with Crippen LogP contribution >= 0.6 is 47.0 Å². The number of alkyl halides is 14. The summed E-state index contributed by atoms with van der Waals surface area (Å²) < 4.78 is 179. The molecule has 1 saturated carbocycles. The first-order valence-corrected chi connectivity index (χ1v) is 49.0. The summed E-state index contributed by atoms with van der Waals surface area (Å²) in [5.41, 5.74) is 3.87. The van der Waals surface area contributed by atoms with Crippen LogP contribution in [0, 0.1) is 39.0 Å². The highest BCUT2D eigenvalue weighted by Crippen LogP contribution is 2.49. The number of aryl methyl sites for hydroxylation is 4. The summed E-state index contributed by atoms with van der Waals surface area (Å²) >= 11 is 5.12. The van der Waals surface area contributed by atoms with Gasteiger partial charge in [0.15, 0.2) is 43.9 Å². The van der Waals surface area contributed by atoms with Crippen molar-refractivity contribution in [1.29, 1.82) is 0 Å². The number of benzene rings is 4. The third-order valence-electron chi connectivity index (χ3n) is 24.0. The molecule has 6 aliphatic rings. The summed E-state index contributed by atoms with van der Waals surface area (Å²) in [6.07, 6.45) is -20.9. The molecule has 0 radical (unpaired) electrons. The van der Waals surface area contributed by atoms with Crippen molar-refractivity contribution < 1.29 is 93.8 Å². The van der Waals surface area contributed by atoms with Gasteiger partial charge in [-0.15, -0.1) is 0 Å². The van der Waals surface area contributed by atoms with E-state index in [9.17, 15) is 81.0 Å². The number of nitrogens with zero attached hydrogens (tertiary/aromatic N) is 18. The van der Waals surface area contributed by atoms with Crippen LogP contribution < -0.4 is 56.8 Å². The van der Waals surface area contributed by atoms with E-state index in [1.807, 2.05) is 86.9 Å². The van der Waals surface area contributed by atoms with Gasteiger partial charge in [-0.25, -0.2) is 53.6 Å². The Bertz CT molecular complexity index is 6900. The minimum absolute atomic E-state index is 0. The lowest BCUT2D eigenvalue weighted by atomic mass is 9.70. The van der Waals surface area contributed by atoms with E-state index in [2.05, 4.69) is 136 Å². The number of hydrogen-bond acceptors (Lipinski definition) is 30. The smallest absolute Gasteiger partial charge is 0.386 e. The molecule has 19 rings (SSSR count). The number of β-amino-alcohol motifs (C(OH)–C–C–N with tert-alkyl or cyclic N) is 1. The maximum Gasteiger partial charge on any atom is 0.433 e. The number of fused-ring (bicyclic) bond motifs is 1. The molecular weight excluding hydrogens is 2010 g/mol. The van der Waals surface area contributed by atoms with E-state index in [1.165, 1.54) is 88.5 Å². The van der Waals surface area contributed by atoms with E-state index in [-0.39, 0.29) is 41.5 Å². The van der Waals surface area contributed by atoms with Gasteiger partial charge in [0.1, 0.15) is 88.9 Å². The number of anilines is 15. The maximum absolute atomic E-state index is 14.7. The number of carbonyl (C=O) groups is 3. The highest BCUT2D eigenvalue weighted by atomic mass is 32.2. The molecule has 13 aromatic rings. The second-order valence-electron chi connectivity index (χ2n) is 36.9. The molecule has 14 heterocycles. The number of aliphatic hydroxyl groups is 1. The van der Waals surface area contributed by atoms with Crippen LogP contribution in [0.1, 0.15) is 114 Å². The fraction of sp³-hybridized carbons (Fsp3) is 0.368. The standard InChI is InChI=1S/C24H26F4N8OS.C24H27F4N7OS.C24H22F3N7OS.C23H24F3N7OS.9H2/c1-14-8-20(34-33-14)30-19-9-21(36-12-17(13-36)35-7-6-15(25)11-35)32-23(31-19)38-18-4-2-16(3-5-18)29-22(37)10-24(26,27)28;1-14-9-18(34-33-14)30-17-10-19(35-12-23(4,13-35)22(2,3)25)32-21(31-17)37-16-7-5-15(6-8-16)29-20(36)11-24(26,27)28;1-13-8-20(33-32-13)29-19-10-21(34-11-23(35,12-34)15-3-4-15)31-22(30-19)36-16-5-6-17-14(9-16)2-7-18(28-17)24(25,26)27;1-13(2)15-11-33(12-15)20-9-18(28-19-8-14(3)31-32-19)29-22(30-20)35-17-6-4-16(5-7-17)27-21(34)10-23(24,25)26;;;;;;;;;/h2-5,8-9,15,17H,6-7,10-13H2,1H3,(H,29,37)(H2,30,31,32,33,34);5-10H,11-13H2,1-4H3,(H,29,36)(H2,30,31,32,33,34);2,5-10,15,35H,3-4,11-12H2,1H3,(H2,29,30,31,32,33);4-9H,10-12H2,1-3H3,(H,27,34)(H2,28,29,30,31,32);9*1H/t15-;;;;;;;;;;;;/m0............/s1. The molecule has 33 nitrogen and oxygen atoms in total. The second-order valence-corrected chi connectivity index (χ2v) is 41.1. The number of halogens is 14. The molecule has 5 saturated heterocycles. The van der Waals surface area contributed by atoms with Gasteiger partial charge in [-0.2, -0.15) is 73.1 Å². The number of amides is 3. The Morgan fingerprint density at radius 3 is 1.10 bits per heavy atom. The summed E-state index contributed by atoms with van der Waals surface area (Å²) in [7, 11) is 0. The van der Waals surface area contributed by atoms with Crippen molar-refractivity contribution in [2.75, 3.05) is 122 Å². The molecule has 3 amide bonds. The fourth-order valence-corrected chi connectivity index (χ4v) is 18.9. The van der Waals surface area contributed by atoms with E-state index in [0.717, 1.165) is 101 Å². The summed E-state index contributed by atoms with van der Waals surface area (Å²) in [5.74, 6) is 4.43. The van der Waals surface area contributed by atoms with E-state index in [4.69, 9.17) is 15.0 Å². The number of aromatic nitrogens is 17. The zero-order valence-corrected chi connectivity index (χ0v) is 82.9. The van der Waals surface area contributed by atoms with Gasteiger partial charge < -0.3 is 61.9 Å². The predicted octanol–water partition coefficient (Wildman–Crippen LogP) is 23.0. The quantitative estimate of drug-likeness (QED) is 0.0118. The third kappa shape index (κ3) is 29.0. The minimum atomic E-state index is -4.57. The number of nitrogens with one attached hydrogen (secondary N) is 11. The van der Waals surface area contributed by atoms with E-state index >= 15 is 0 Å². The fourth-order valence-electron chi connectivity index (χ4n) is 15.7. The Balaban J connectivity index is 0.000000274. The Morgan fingerprint density at radius 2 is 0.774 bits per heavy atom. The first-order valence-electron chi connectivity index (χ1n) is 45.7. The Morgan fingerprint density at radius 1 is 0.425 bits per heavy atom. The summed E-state index contributed by atoms with van der Waals surface area (Å²) in [5, 5.41) is 60.9. The van der Waals surface area contributed by atoms with Crippen LogP contribution in [0.3, 0.4) is 0 Å². The van der Waals surface area contributed by atoms with Crippen molar-refractivity contribution in [2.45, 2.75) is 189 Å². The van der Waals surface area contributed by atoms with Crippen molar-refractivity contribution in [3.8, 4) is 0 Å². The molecule has 0 unspecified atom stereocenters. The SMILES string of the molecule is CC(C)=C1CN(c2cc(Nc3cc(C)[nH]n3)nc(Sc3ccc(NC(=O)CC(F)(F)F)cc3)n2)C1.Cc1cc(Nc2cc(N3CC(C)(C(C)(C)F)C3)nc(Sc3ccc(NC(=O)CC(F)(F)F)cc3)n2)n[nH]1.Cc1cc(Nc2cc(N3CC(N4CC[C@H](F)C4)C3)nc(Sc3ccc(NC(=O)CC(F)(F)F)cc3)n2)n[nH]1.Cc1cc(Nc2cc(N3CC(O)(C4CC4)C3)nc(Sc3ccc4nc(C(F)(F)F)ccc4c3)n2)n[nH]1.[HH].[HH].[HH].[HH].[HH].[HH].[HH].[HH].[HH]. The van der Waals surface area contributed by atoms with Crippen LogP contribution in [0.25, 0.3) is 10.9 Å². The summed E-state index contributed by atoms with van der Waals surface area (Å²) in [6.45, 7) is 23.1. The lowest BCUT2D eigenvalue weighted by Crippen LogP contribution is -2.63. The van der Waals surface area contributed by atoms with Crippen LogP contribution in [0.4, 0.5) is 148 Å². The van der Waals surface area contributed by atoms with Gasteiger partial charge >= 0.3 is 24.7 Å². The van der Waals surface area contributed by atoms with Gasteiger partial charge in [-0.05, 0) is 230 Å². The van der Waals surface area contributed by atoms with Crippen molar-refractivity contribution in [1.82, 2.24) is 90.5 Å². The van der Waals surface area contributed by atoms with Crippen molar-refractivity contribution in [3.05, 3.63) is 191 Å². The number of likely N-dealkylation sites (tertiary alicyclic amines) is 1. The monoisotopic (exact) mass is 2120 g/mol. The normalized spacial score (nSPS) is 16.2. The van der Waals surface area contributed by atoms with Gasteiger partial charge in [0.25, 0.3) is 0 Å². The van der Waals surface area contributed by atoms with Gasteiger partial charge in [0.2, 0.25) is 17.7 Å². The number of carbonyl (C=O) groups excluding carboxylic acids is 3. The molecule has 0 bridgehead atoms. The maximum atomic E-state index is 14.7. The van der Waals surface area contributed by atoms with Crippen LogP contribution in [-0.4, -0.2) is 221 Å². The van der Waals surface area contributed by atoms with Crippen molar-refractivity contribution >= 4 is 163 Å². The Kier molecular flexibility index (Phi) is 31.4. The molecule has 1 atom stereocenters. The number of hydrogen-bond donors (Lipinski definition) is 12. The van der Waals surface area contributed by atoms with E-state index in [0.29, 0.717) is 134 Å². The van der Waals surface area contributed by atoms with Gasteiger partial charge in [-0.3, -0.25) is 39.7 Å². The van der Waals surface area contributed by atoms with Gasteiger partial charge in [0.05, 0.1) is 18.6 Å². The molecule has 12 N–H and O–H groups in total. The van der Waals surface area contributed by atoms with Crippen LogP contribution in [0.15, 0.2) is 203 Å². The average molecular weight is 2120 g/mol. The number of allylic oxidation sites excluding steroid dienone is 1. The van der Waals surface area contributed by atoms with Gasteiger partial charge in [0, 0.05) is 190 Å². The number of aromatic amines is 4. The Labute approximate surface area is 856 Å². The van der Waals surface area contributed by atoms with Crippen LogP contribution in [0.2, 0.25) is 0 Å². The molecule has 5 aliphatic heterocycles. The molecule has 9 aromatic heterocycles. The van der Waals surface area contributed by atoms with Crippen molar-refractivity contribution in [2.24, 2.45) is 11.3 Å². The largest absolute Gasteiger partial charge is 0.433 e. The summed E-state index contributed by atoms with van der Waals surface area (Å²) in [6, 6.07) is 41.6. The van der Waals surface area contributed by atoms with E-state index in [1.54, 1.807) is 86.6 Å². The molecule has 1 aliphatic carbocycles. The topological polar surface area (TPSA) is 403 Å². The first-order chi connectivity index (χ1) is 69.0.